The number of carbonyl (C=O) groups excluding carboxylic acids is 2. The number of hydrogen-bond donors (Lipinski definition) is 2. The van der Waals surface area contributed by atoms with Gasteiger partial charge in [0.15, 0.2) is 0 Å². The van der Waals surface area contributed by atoms with Crippen molar-refractivity contribution in [2.75, 3.05) is 20.1 Å². The lowest BCUT2D eigenvalue weighted by Crippen LogP contribution is -2.46. The van der Waals surface area contributed by atoms with E-state index in [-0.39, 0.29) is 24.2 Å². The maximum atomic E-state index is 13.5. The van der Waals surface area contributed by atoms with Crippen molar-refractivity contribution in [3.8, 4) is 5.69 Å². The fourth-order valence-corrected chi connectivity index (χ4v) is 3.36. The second-order valence-corrected chi connectivity index (χ2v) is 6.80. The minimum absolute atomic E-state index is 0.0460. The van der Waals surface area contributed by atoms with Gasteiger partial charge in [-0.2, -0.15) is 0 Å². The minimum Gasteiger partial charge on any atom is -0.369 e. The van der Waals surface area contributed by atoms with Crippen molar-refractivity contribution < 1.29 is 14.0 Å². The molecule has 1 aliphatic heterocycles. The van der Waals surface area contributed by atoms with Crippen LogP contribution in [0.3, 0.4) is 0 Å². The predicted molar refractivity (Wildman–Crippen MR) is 96.6 cm³/mol. The minimum atomic E-state index is -0.520. The van der Waals surface area contributed by atoms with E-state index in [0.717, 1.165) is 25.9 Å². The van der Waals surface area contributed by atoms with E-state index >= 15 is 0 Å². The number of nitrogens with zero attached hydrogens (tertiary/aromatic N) is 2. The summed E-state index contributed by atoms with van der Waals surface area (Å²) in [6.07, 6.45) is 5.18. The van der Waals surface area contributed by atoms with Crippen molar-refractivity contribution in [3.63, 3.8) is 0 Å². The van der Waals surface area contributed by atoms with E-state index in [1.165, 1.54) is 12.1 Å². The molecule has 138 valence electrons. The lowest BCUT2D eigenvalue weighted by Gasteiger charge is -2.30. The molecule has 2 heterocycles. The molecular formula is C19H23FN4O2. The van der Waals surface area contributed by atoms with Gasteiger partial charge in [0.05, 0.1) is 12.0 Å². The third kappa shape index (κ3) is 4.29. The van der Waals surface area contributed by atoms with Gasteiger partial charge in [-0.3, -0.25) is 9.59 Å². The van der Waals surface area contributed by atoms with Crippen molar-refractivity contribution in [1.29, 1.82) is 0 Å². The van der Waals surface area contributed by atoms with E-state index in [1.807, 2.05) is 7.05 Å². The molecular weight excluding hydrogens is 335 g/mol. The van der Waals surface area contributed by atoms with Gasteiger partial charge in [-0.1, -0.05) is 6.07 Å². The monoisotopic (exact) mass is 358 g/mol. The summed E-state index contributed by atoms with van der Waals surface area (Å²) in [7, 11) is 2.03. The van der Waals surface area contributed by atoms with Crippen LogP contribution in [0.2, 0.25) is 0 Å². The van der Waals surface area contributed by atoms with Crippen molar-refractivity contribution in [3.05, 3.63) is 53.6 Å². The largest absolute Gasteiger partial charge is 0.369 e. The standard InChI is InChI=1S/C19H23FN4O2/c1-23-7-3-5-15(11-23)22-19(26)17-12-24(10-13(17)8-18(21)25)16-6-2-4-14(20)9-16/h2,4,6,9-10,12,15H,3,5,7-8,11H2,1H3,(H2,21,25)(H,22,26)/t15-/m0/s1. The molecule has 26 heavy (non-hydrogen) atoms. The van der Waals surface area contributed by atoms with E-state index < -0.39 is 5.91 Å². The molecule has 0 radical (unpaired) electrons. The Hall–Kier alpha value is -2.67. The van der Waals surface area contributed by atoms with Crippen molar-refractivity contribution in [2.24, 2.45) is 5.73 Å². The maximum Gasteiger partial charge on any atom is 0.253 e. The molecule has 1 fully saturated rings. The Balaban J connectivity index is 1.86. The van der Waals surface area contributed by atoms with Gasteiger partial charge >= 0.3 is 0 Å². The summed E-state index contributed by atoms with van der Waals surface area (Å²) in [5.74, 6) is -1.13. The highest BCUT2D eigenvalue weighted by Gasteiger charge is 2.22. The van der Waals surface area contributed by atoms with E-state index in [1.54, 1.807) is 29.1 Å². The molecule has 3 rings (SSSR count). The number of hydrogen-bond acceptors (Lipinski definition) is 3. The number of likely N-dealkylation sites (tertiary alicyclic amines) is 1. The van der Waals surface area contributed by atoms with Gasteiger partial charge in [0.2, 0.25) is 5.91 Å². The quantitative estimate of drug-likeness (QED) is 0.849. The van der Waals surface area contributed by atoms with E-state index in [2.05, 4.69) is 10.2 Å². The van der Waals surface area contributed by atoms with Gasteiger partial charge in [0.1, 0.15) is 5.82 Å². The zero-order valence-electron chi connectivity index (χ0n) is 14.7. The summed E-state index contributed by atoms with van der Waals surface area (Å²) < 4.78 is 15.1. The average Bonchev–Trinajstić information content (AvgIpc) is 2.98. The first-order chi connectivity index (χ1) is 12.4. The normalized spacial score (nSPS) is 17.8. The Morgan fingerprint density at radius 1 is 1.35 bits per heavy atom. The molecule has 1 aromatic heterocycles. The molecule has 0 saturated carbocycles. The van der Waals surface area contributed by atoms with Crippen LogP contribution in [0.25, 0.3) is 5.69 Å². The molecule has 2 aromatic rings. The third-order valence-electron chi connectivity index (χ3n) is 4.58. The molecule has 1 aliphatic rings. The Morgan fingerprint density at radius 3 is 2.85 bits per heavy atom. The molecule has 0 spiro atoms. The smallest absolute Gasteiger partial charge is 0.253 e. The van der Waals surface area contributed by atoms with Crippen LogP contribution in [0.1, 0.15) is 28.8 Å². The van der Waals surface area contributed by atoms with Crippen LogP contribution in [0.4, 0.5) is 4.39 Å². The molecule has 7 heteroatoms. The highest BCUT2D eigenvalue weighted by Crippen LogP contribution is 2.18. The highest BCUT2D eigenvalue weighted by atomic mass is 19.1. The fraction of sp³-hybridized carbons (Fsp3) is 0.368. The van der Waals surface area contributed by atoms with E-state index in [9.17, 15) is 14.0 Å². The van der Waals surface area contributed by atoms with Crippen LogP contribution in [-0.4, -0.2) is 47.5 Å². The Labute approximate surface area is 151 Å². The summed E-state index contributed by atoms with van der Waals surface area (Å²) in [6, 6.07) is 6.11. The number of likely N-dealkylation sites (N-methyl/N-ethyl adjacent to an activating group) is 1. The number of amides is 2. The van der Waals surface area contributed by atoms with Gasteiger partial charge in [0.25, 0.3) is 5.91 Å². The summed E-state index contributed by atoms with van der Waals surface area (Å²) in [6.45, 7) is 1.82. The Morgan fingerprint density at radius 2 is 2.15 bits per heavy atom. The molecule has 0 unspecified atom stereocenters. The number of primary amides is 1. The van der Waals surface area contributed by atoms with E-state index in [0.29, 0.717) is 16.8 Å². The summed E-state index contributed by atoms with van der Waals surface area (Å²) in [4.78, 5) is 26.3. The molecule has 3 N–H and O–H groups in total. The molecule has 1 atom stereocenters. The summed E-state index contributed by atoms with van der Waals surface area (Å²) in [5, 5.41) is 3.04. The van der Waals surface area contributed by atoms with Gasteiger partial charge in [-0.05, 0) is 50.2 Å². The zero-order chi connectivity index (χ0) is 18.7. The summed E-state index contributed by atoms with van der Waals surface area (Å²) >= 11 is 0. The number of nitrogens with two attached hydrogens (primary N) is 1. The molecule has 1 aromatic carbocycles. The van der Waals surface area contributed by atoms with Gasteiger partial charge < -0.3 is 20.5 Å². The van der Waals surface area contributed by atoms with Gasteiger partial charge in [-0.15, -0.1) is 0 Å². The Kier molecular flexibility index (Phi) is 5.37. The number of aromatic nitrogens is 1. The van der Waals surface area contributed by atoms with Crippen LogP contribution >= 0.6 is 0 Å². The lowest BCUT2D eigenvalue weighted by molar-refractivity contribution is -0.117. The third-order valence-corrected chi connectivity index (χ3v) is 4.58. The second-order valence-electron chi connectivity index (χ2n) is 6.80. The number of carbonyl (C=O) groups is 2. The average molecular weight is 358 g/mol. The van der Waals surface area contributed by atoms with Crippen LogP contribution in [0.15, 0.2) is 36.7 Å². The fourth-order valence-electron chi connectivity index (χ4n) is 3.36. The van der Waals surface area contributed by atoms with Crippen molar-refractivity contribution in [2.45, 2.75) is 25.3 Å². The van der Waals surface area contributed by atoms with Crippen LogP contribution in [0, 0.1) is 5.82 Å². The zero-order valence-corrected chi connectivity index (χ0v) is 14.7. The van der Waals surface area contributed by atoms with E-state index in [4.69, 9.17) is 5.73 Å². The molecule has 0 bridgehead atoms. The first kappa shape index (κ1) is 18.1. The summed E-state index contributed by atoms with van der Waals surface area (Å²) in [5.41, 5.74) is 6.82. The first-order valence-corrected chi connectivity index (χ1v) is 8.67. The van der Waals surface area contributed by atoms with Crippen LogP contribution < -0.4 is 11.1 Å². The van der Waals surface area contributed by atoms with Gasteiger partial charge in [-0.25, -0.2) is 4.39 Å². The SMILES string of the molecule is CN1CCC[C@H](NC(=O)c2cn(-c3cccc(F)c3)cc2CC(N)=O)C1. The lowest BCUT2D eigenvalue weighted by atomic mass is 10.0. The first-order valence-electron chi connectivity index (χ1n) is 8.67. The van der Waals surface area contributed by atoms with Crippen LogP contribution in [-0.2, 0) is 11.2 Å². The number of benzene rings is 1. The maximum absolute atomic E-state index is 13.5. The number of halogens is 1. The Bertz CT molecular complexity index is 818. The highest BCUT2D eigenvalue weighted by molar-refractivity contribution is 5.97. The van der Waals surface area contributed by atoms with Gasteiger partial charge in [0, 0.05) is 30.7 Å². The van der Waals surface area contributed by atoms with Crippen molar-refractivity contribution >= 4 is 11.8 Å². The number of piperidine rings is 1. The molecule has 1 saturated heterocycles. The topological polar surface area (TPSA) is 80.4 Å². The molecule has 2 amide bonds. The van der Waals surface area contributed by atoms with Crippen LogP contribution in [0.5, 0.6) is 0 Å². The van der Waals surface area contributed by atoms with Crippen molar-refractivity contribution in [1.82, 2.24) is 14.8 Å². The second kappa shape index (κ2) is 7.70. The predicted octanol–water partition coefficient (Wildman–Crippen LogP) is 1.47. The number of nitrogens with one attached hydrogen (secondary N) is 1. The molecule has 6 nitrogen and oxygen atoms in total. The number of rotatable bonds is 5. The molecule has 0 aliphatic carbocycles.